The second-order valence-electron chi connectivity index (χ2n) is 5.94. The molecule has 0 aromatic heterocycles. The van der Waals surface area contributed by atoms with Gasteiger partial charge in [0.25, 0.3) is 5.91 Å². The molecule has 150 valence electrons. The van der Waals surface area contributed by atoms with Crippen LogP contribution in [0.5, 0.6) is 11.5 Å². The molecule has 28 heavy (non-hydrogen) atoms. The molecule has 0 fully saturated rings. The summed E-state index contributed by atoms with van der Waals surface area (Å²) in [6.45, 7) is 6.07. The van der Waals surface area contributed by atoms with E-state index in [0.717, 1.165) is 5.56 Å². The Kier molecular flexibility index (Phi) is 8.14. The maximum absolute atomic E-state index is 12.3. The van der Waals surface area contributed by atoms with Gasteiger partial charge >= 0.3 is 5.97 Å². The van der Waals surface area contributed by atoms with Gasteiger partial charge in [-0.2, -0.15) is 0 Å². The Morgan fingerprint density at radius 3 is 2.29 bits per heavy atom. The molecule has 1 N–H and O–H groups in total. The molecule has 0 aliphatic rings. The Morgan fingerprint density at radius 2 is 1.64 bits per heavy atom. The van der Waals surface area contributed by atoms with E-state index in [1.54, 1.807) is 30.3 Å². The minimum Gasteiger partial charge on any atom is -0.490 e. The number of esters is 1. The molecule has 0 unspecified atom stereocenters. The molecule has 7 heteroatoms. The highest BCUT2D eigenvalue weighted by Gasteiger charge is 2.15. The van der Waals surface area contributed by atoms with Gasteiger partial charge in [-0.15, -0.1) is 0 Å². The van der Waals surface area contributed by atoms with E-state index < -0.39 is 11.9 Å². The number of hydrogen-bond acceptors (Lipinski definition) is 5. The molecule has 0 radical (unpaired) electrons. The van der Waals surface area contributed by atoms with Crippen LogP contribution in [-0.4, -0.2) is 31.7 Å². The first-order chi connectivity index (χ1) is 13.4. The molecule has 6 nitrogen and oxygen atoms in total. The van der Waals surface area contributed by atoms with E-state index in [-0.39, 0.29) is 18.2 Å². The van der Waals surface area contributed by atoms with Gasteiger partial charge in [0.05, 0.1) is 24.8 Å². The predicted octanol–water partition coefficient (Wildman–Crippen LogP) is 4.17. The lowest BCUT2D eigenvalue weighted by Crippen LogP contribution is -2.31. The lowest BCUT2D eigenvalue weighted by molar-refractivity contribution is -0.124. The van der Waals surface area contributed by atoms with Crippen molar-refractivity contribution in [3.63, 3.8) is 0 Å². The van der Waals surface area contributed by atoms with Gasteiger partial charge in [0.1, 0.15) is 0 Å². The minimum atomic E-state index is -0.613. The summed E-state index contributed by atoms with van der Waals surface area (Å²) in [5, 5.41) is 3.40. The van der Waals surface area contributed by atoms with Gasteiger partial charge in [0.2, 0.25) is 0 Å². The molecule has 2 rings (SSSR count). The van der Waals surface area contributed by atoms with E-state index in [1.165, 1.54) is 0 Å². The van der Waals surface area contributed by atoms with Crippen LogP contribution in [0.15, 0.2) is 42.5 Å². The maximum Gasteiger partial charge on any atom is 0.338 e. The van der Waals surface area contributed by atoms with Crippen LogP contribution >= 0.6 is 11.6 Å². The average molecular weight is 406 g/mol. The average Bonchev–Trinajstić information content (AvgIpc) is 2.68. The molecule has 0 saturated carbocycles. The number of benzene rings is 2. The number of carbonyl (C=O) groups excluding carboxylic acids is 2. The monoisotopic (exact) mass is 405 g/mol. The summed E-state index contributed by atoms with van der Waals surface area (Å²) in [4.78, 5) is 24.3. The second-order valence-corrected chi connectivity index (χ2v) is 6.38. The van der Waals surface area contributed by atoms with Crippen LogP contribution < -0.4 is 14.8 Å². The van der Waals surface area contributed by atoms with Gasteiger partial charge in [0, 0.05) is 5.02 Å². The van der Waals surface area contributed by atoms with Gasteiger partial charge in [-0.05, 0) is 56.7 Å². The maximum atomic E-state index is 12.3. The zero-order valence-corrected chi connectivity index (χ0v) is 16.9. The molecule has 0 aliphatic carbocycles. The summed E-state index contributed by atoms with van der Waals surface area (Å²) in [5.41, 5.74) is 1.18. The zero-order chi connectivity index (χ0) is 20.5. The Hall–Kier alpha value is -2.73. The molecule has 2 aromatic carbocycles. The third-order valence-electron chi connectivity index (χ3n) is 3.86. The Morgan fingerprint density at radius 1 is 1.00 bits per heavy atom. The van der Waals surface area contributed by atoms with E-state index >= 15 is 0 Å². The van der Waals surface area contributed by atoms with E-state index in [1.807, 2.05) is 32.9 Å². The first kappa shape index (κ1) is 21.6. The van der Waals surface area contributed by atoms with E-state index in [4.69, 9.17) is 25.8 Å². The number of nitrogens with one attached hydrogen (secondary N) is 1. The molecule has 0 aliphatic heterocycles. The summed E-state index contributed by atoms with van der Waals surface area (Å²) in [7, 11) is 0. The van der Waals surface area contributed by atoms with Crippen LogP contribution in [0.3, 0.4) is 0 Å². The first-order valence-corrected chi connectivity index (χ1v) is 9.44. The Bertz CT molecular complexity index is 807. The van der Waals surface area contributed by atoms with Crippen LogP contribution in [0.25, 0.3) is 0 Å². The van der Waals surface area contributed by atoms with Gasteiger partial charge in [-0.25, -0.2) is 4.79 Å². The van der Waals surface area contributed by atoms with Crippen molar-refractivity contribution >= 4 is 23.5 Å². The number of hydrogen-bond donors (Lipinski definition) is 1. The number of carbonyl (C=O) groups is 2. The Balaban J connectivity index is 1.92. The molecule has 0 bridgehead atoms. The molecular weight excluding hydrogens is 382 g/mol. The van der Waals surface area contributed by atoms with Crippen molar-refractivity contribution in [1.29, 1.82) is 0 Å². The van der Waals surface area contributed by atoms with Crippen molar-refractivity contribution in [2.75, 3.05) is 19.8 Å². The van der Waals surface area contributed by atoms with Crippen LogP contribution in [0.4, 0.5) is 0 Å². The summed E-state index contributed by atoms with van der Waals surface area (Å²) in [5.74, 6) is 0.000102. The fourth-order valence-electron chi connectivity index (χ4n) is 2.51. The minimum absolute atomic E-state index is 0.237. The van der Waals surface area contributed by atoms with Crippen LogP contribution in [0, 0.1) is 0 Å². The van der Waals surface area contributed by atoms with Crippen molar-refractivity contribution in [1.82, 2.24) is 5.32 Å². The molecular formula is C21H24ClNO5. The van der Waals surface area contributed by atoms with Gasteiger partial charge in [-0.3, -0.25) is 4.79 Å². The van der Waals surface area contributed by atoms with Gasteiger partial charge < -0.3 is 19.5 Å². The fraction of sp³-hybridized carbons (Fsp3) is 0.333. The van der Waals surface area contributed by atoms with E-state index in [0.29, 0.717) is 29.7 Å². The smallest absolute Gasteiger partial charge is 0.338 e. The fourth-order valence-corrected chi connectivity index (χ4v) is 2.64. The van der Waals surface area contributed by atoms with E-state index in [9.17, 15) is 9.59 Å². The molecule has 1 amide bonds. The summed E-state index contributed by atoms with van der Waals surface area (Å²) in [6.07, 6.45) is 0. The quantitative estimate of drug-likeness (QED) is 0.634. The highest BCUT2D eigenvalue weighted by atomic mass is 35.5. The third-order valence-corrected chi connectivity index (χ3v) is 4.11. The first-order valence-electron chi connectivity index (χ1n) is 9.06. The van der Waals surface area contributed by atoms with Crippen molar-refractivity contribution in [2.24, 2.45) is 0 Å². The second kappa shape index (κ2) is 10.6. The van der Waals surface area contributed by atoms with Crippen molar-refractivity contribution < 1.29 is 23.8 Å². The molecule has 0 spiro atoms. The Labute approximate surface area is 169 Å². The van der Waals surface area contributed by atoms with E-state index in [2.05, 4.69) is 5.32 Å². The third kappa shape index (κ3) is 6.16. The summed E-state index contributed by atoms with van der Waals surface area (Å²) >= 11 is 5.86. The topological polar surface area (TPSA) is 73.9 Å². The molecule has 1 atom stereocenters. The van der Waals surface area contributed by atoms with Gasteiger partial charge in [-0.1, -0.05) is 23.7 Å². The van der Waals surface area contributed by atoms with Crippen molar-refractivity contribution in [3.05, 3.63) is 58.6 Å². The largest absolute Gasteiger partial charge is 0.490 e. The SMILES string of the molecule is CCOc1ccc(C(=O)OCC(=O)N[C@@H](C)c2ccc(Cl)cc2)cc1OCC. The van der Waals surface area contributed by atoms with Crippen molar-refractivity contribution in [2.45, 2.75) is 26.8 Å². The zero-order valence-electron chi connectivity index (χ0n) is 16.2. The highest BCUT2D eigenvalue weighted by Crippen LogP contribution is 2.28. The predicted molar refractivity (Wildman–Crippen MR) is 107 cm³/mol. The van der Waals surface area contributed by atoms with Crippen LogP contribution in [0.2, 0.25) is 5.02 Å². The van der Waals surface area contributed by atoms with Crippen molar-refractivity contribution in [3.8, 4) is 11.5 Å². The molecule has 2 aromatic rings. The number of amides is 1. The number of halogens is 1. The van der Waals surface area contributed by atoms with Gasteiger partial charge in [0.15, 0.2) is 18.1 Å². The summed E-state index contributed by atoms with van der Waals surface area (Å²) < 4.78 is 16.1. The number of ether oxygens (including phenoxy) is 3. The standard InChI is InChI=1S/C21H24ClNO5/c1-4-26-18-11-8-16(12-19(18)27-5-2)21(25)28-13-20(24)23-14(3)15-6-9-17(22)10-7-15/h6-12,14H,4-5,13H2,1-3H3,(H,23,24)/t14-/m0/s1. The lowest BCUT2D eigenvalue weighted by Gasteiger charge is -2.15. The highest BCUT2D eigenvalue weighted by molar-refractivity contribution is 6.30. The molecule has 0 saturated heterocycles. The normalized spacial score (nSPS) is 11.4. The van der Waals surface area contributed by atoms with Crippen LogP contribution in [0.1, 0.15) is 42.7 Å². The lowest BCUT2D eigenvalue weighted by atomic mass is 10.1. The number of rotatable bonds is 9. The molecule has 0 heterocycles. The summed E-state index contributed by atoms with van der Waals surface area (Å²) in [6, 6.07) is 11.7. The van der Waals surface area contributed by atoms with Crippen LogP contribution in [-0.2, 0) is 9.53 Å².